The highest BCUT2D eigenvalue weighted by atomic mass is 16.5. The number of carbonyl (C=O) groups excluding carboxylic acids is 1. The molecule has 4 nitrogen and oxygen atoms in total. The van der Waals surface area contributed by atoms with Crippen LogP contribution in [-0.2, 0) is 0 Å². The average molecular weight is 313 g/mol. The minimum atomic E-state index is -0.778. The molecule has 0 saturated heterocycles. The Kier molecular flexibility index (Phi) is 5.40. The van der Waals surface area contributed by atoms with Crippen molar-refractivity contribution in [2.24, 2.45) is 0 Å². The molecule has 1 atom stereocenters. The zero-order valence-electron chi connectivity index (χ0n) is 14.0. The van der Waals surface area contributed by atoms with Gasteiger partial charge >= 0.3 is 0 Å². The molecule has 1 unspecified atom stereocenters. The minimum Gasteiger partial charge on any atom is -0.497 e. The van der Waals surface area contributed by atoms with E-state index in [0.717, 1.165) is 16.7 Å². The van der Waals surface area contributed by atoms with E-state index in [1.807, 2.05) is 51.1 Å². The smallest absolute Gasteiger partial charge is 0.251 e. The van der Waals surface area contributed by atoms with Crippen LogP contribution in [0.2, 0.25) is 0 Å². The Hall–Kier alpha value is -2.33. The molecule has 0 aliphatic rings. The topological polar surface area (TPSA) is 58.6 Å². The highest BCUT2D eigenvalue weighted by Gasteiger charge is 2.15. The van der Waals surface area contributed by atoms with Crippen LogP contribution in [0, 0.1) is 20.8 Å². The molecule has 23 heavy (non-hydrogen) atoms. The maximum atomic E-state index is 12.4. The standard InChI is InChI=1S/C19H23NO3/c1-12-8-13(2)18(14(3)9-12)19(22)20-11-17(21)15-6-5-7-16(10-15)23-4/h5-10,17,21H,11H2,1-4H3,(H,20,22). The fourth-order valence-corrected chi connectivity index (χ4v) is 2.78. The van der Waals surface area contributed by atoms with Crippen molar-refractivity contribution in [3.05, 3.63) is 64.2 Å². The first-order valence-electron chi connectivity index (χ1n) is 7.60. The number of aryl methyl sites for hydroxylation is 3. The molecule has 0 saturated carbocycles. The van der Waals surface area contributed by atoms with Crippen molar-refractivity contribution in [3.63, 3.8) is 0 Å². The lowest BCUT2D eigenvalue weighted by Crippen LogP contribution is -2.29. The molecule has 2 aromatic rings. The fraction of sp³-hybridized carbons (Fsp3) is 0.316. The number of aliphatic hydroxyl groups excluding tert-OH is 1. The summed E-state index contributed by atoms with van der Waals surface area (Å²) in [5, 5.41) is 13.1. The fourth-order valence-electron chi connectivity index (χ4n) is 2.78. The maximum Gasteiger partial charge on any atom is 0.251 e. The summed E-state index contributed by atoms with van der Waals surface area (Å²) < 4.78 is 5.14. The van der Waals surface area contributed by atoms with Crippen LogP contribution in [0.4, 0.5) is 0 Å². The summed E-state index contributed by atoms with van der Waals surface area (Å²) >= 11 is 0. The van der Waals surface area contributed by atoms with Crippen molar-refractivity contribution in [3.8, 4) is 5.75 Å². The molecule has 0 heterocycles. The minimum absolute atomic E-state index is 0.152. The van der Waals surface area contributed by atoms with Gasteiger partial charge in [-0.3, -0.25) is 4.79 Å². The average Bonchev–Trinajstić information content (AvgIpc) is 2.51. The van der Waals surface area contributed by atoms with E-state index in [0.29, 0.717) is 16.9 Å². The Balaban J connectivity index is 2.07. The van der Waals surface area contributed by atoms with Crippen LogP contribution < -0.4 is 10.1 Å². The number of amides is 1. The van der Waals surface area contributed by atoms with Crippen LogP contribution in [-0.4, -0.2) is 24.7 Å². The molecule has 0 aromatic heterocycles. The van der Waals surface area contributed by atoms with E-state index in [2.05, 4.69) is 5.32 Å². The van der Waals surface area contributed by atoms with Gasteiger partial charge in [-0.25, -0.2) is 0 Å². The van der Waals surface area contributed by atoms with Gasteiger partial charge < -0.3 is 15.2 Å². The van der Waals surface area contributed by atoms with Gasteiger partial charge in [-0.15, -0.1) is 0 Å². The summed E-state index contributed by atoms with van der Waals surface area (Å²) in [5.74, 6) is 0.514. The SMILES string of the molecule is COc1cccc(C(O)CNC(=O)c2c(C)cc(C)cc2C)c1. The molecule has 0 radical (unpaired) electrons. The Morgan fingerprint density at radius 2 is 1.83 bits per heavy atom. The number of rotatable bonds is 5. The number of benzene rings is 2. The second kappa shape index (κ2) is 7.29. The van der Waals surface area contributed by atoms with Crippen molar-refractivity contribution in [1.29, 1.82) is 0 Å². The molecule has 0 bridgehead atoms. The highest BCUT2D eigenvalue weighted by molar-refractivity contribution is 5.97. The van der Waals surface area contributed by atoms with Gasteiger partial charge in [0.25, 0.3) is 5.91 Å². The second-order valence-corrected chi connectivity index (χ2v) is 5.78. The molecule has 2 N–H and O–H groups in total. The van der Waals surface area contributed by atoms with Gasteiger partial charge in [0.1, 0.15) is 5.75 Å². The molecule has 0 aliphatic carbocycles. The number of aliphatic hydroxyl groups is 1. The molecular weight excluding hydrogens is 290 g/mol. The number of methoxy groups -OCH3 is 1. The van der Waals surface area contributed by atoms with Gasteiger partial charge in [0.2, 0.25) is 0 Å². The molecule has 0 spiro atoms. The lowest BCUT2D eigenvalue weighted by atomic mass is 9.99. The van der Waals surface area contributed by atoms with E-state index in [1.54, 1.807) is 13.2 Å². The lowest BCUT2D eigenvalue weighted by Gasteiger charge is -2.15. The van der Waals surface area contributed by atoms with E-state index in [-0.39, 0.29) is 12.5 Å². The van der Waals surface area contributed by atoms with Crippen LogP contribution in [0.25, 0.3) is 0 Å². The first kappa shape index (κ1) is 17.0. The van der Waals surface area contributed by atoms with E-state index in [9.17, 15) is 9.90 Å². The predicted octanol–water partition coefficient (Wildman–Crippen LogP) is 3.08. The zero-order valence-corrected chi connectivity index (χ0v) is 14.0. The van der Waals surface area contributed by atoms with Crippen LogP contribution in [0.1, 0.15) is 38.7 Å². The van der Waals surface area contributed by atoms with Crippen molar-refractivity contribution in [2.75, 3.05) is 13.7 Å². The molecule has 1 amide bonds. The van der Waals surface area contributed by atoms with Crippen molar-refractivity contribution in [1.82, 2.24) is 5.32 Å². The number of carbonyl (C=O) groups is 1. The van der Waals surface area contributed by atoms with E-state index in [1.165, 1.54) is 0 Å². The molecule has 122 valence electrons. The Morgan fingerprint density at radius 3 is 2.43 bits per heavy atom. The van der Waals surface area contributed by atoms with Gasteiger partial charge in [-0.2, -0.15) is 0 Å². The summed E-state index contributed by atoms with van der Waals surface area (Å²) in [7, 11) is 1.58. The predicted molar refractivity (Wildman–Crippen MR) is 90.9 cm³/mol. The molecule has 0 aliphatic heterocycles. The first-order chi connectivity index (χ1) is 10.9. The normalized spacial score (nSPS) is 11.9. The lowest BCUT2D eigenvalue weighted by molar-refractivity contribution is 0.0915. The summed E-state index contributed by atoms with van der Waals surface area (Å²) in [4.78, 5) is 12.4. The zero-order chi connectivity index (χ0) is 17.0. The van der Waals surface area contributed by atoms with Crippen LogP contribution in [0.5, 0.6) is 5.75 Å². The number of hydrogen-bond acceptors (Lipinski definition) is 3. The van der Waals surface area contributed by atoms with E-state index < -0.39 is 6.10 Å². The summed E-state index contributed by atoms with van der Waals surface area (Å²) in [6.07, 6.45) is -0.778. The van der Waals surface area contributed by atoms with Gasteiger partial charge in [0.15, 0.2) is 0 Å². The van der Waals surface area contributed by atoms with Gasteiger partial charge in [0, 0.05) is 12.1 Å². The quantitative estimate of drug-likeness (QED) is 0.892. The van der Waals surface area contributed by atoms with Crippen molar-refractivity contribution < 1.29 is 14.6 Å². The van der Waals surface area contributed by atoms with E-state index >= 15 is 0 Å². The third kappa shape index (κ3) is 4.11. The van der Waals surface area contributed by atoms with Crippen LogP contribution in [0.15, 0.2) is 36.4 Å². The van der Waals surface area contributed by atoms with Crippen LogP contribution in [0.3, 0.4) is 0 Å². The number of hydrogen-bond donors (Lipinski definition) is 2. The third-order valence-electron chi connectivity index (χ3n) is 3.84. The number of nitrogens with one attached hydrogen (secondary N) is 1. The van der Waals surface area contributed by atoms with E-state index in [4.69, 9.17) is 4.74 Å². The summed E-state index contributed by atoms with van der Waals surface area (Å²) in [6.45, 7) is 6.01. The second-order valence-electron chi connectivity index (χ2n) is 5.78. The Morgan fingerprint density at radius 1 is 1.17 bits per heavy atom. The summed E-state index contributed by atoms with van der Waals surface area (Å²) in [5.41, 5.74) is 4.40. The maximum absolute atomic E-state index is 12.4. The number of ether oxygens (including phenoxy) is 1. The first-order valence-corrected chi connectivity index (χ1v) is 7.60. The third-order valence-corrected chi connectivity index (χ3v) is 3.84. The molecule has 0 fully saturated rings. The van der Waals surface area contributed by atoms with Gasteiger partial charge in [-0.05, 0) is 49.6 Å². The largest absolute Gasteiger partial charge is 0.497 e. The van der Waals surface area contributed by atoms with Crippen molar-refractivity contribution >= 4 is 5.91 Å². The molecule has 2 aromatic carbocycles. The van der Waals surface area contributed by atoms with Crippen LogP contribution >= 0.6 is 0 Å². The Labute approximate surface area is 137 Å². The Bertz CT molecular complexity index is 687. The summed E-state index contributed by atoms with van der Waals surface area (Å²) in [6, 6.07) is 11.2. The van der Waals surface area contributed by atoms with Gasteiger partial charge in [0.05, 0.1) is 13.2 Å². The molecular formula is C19H23NO3. The van der Waals surface area contributed by atoms with Crippen molar-refractivity contribution in [2.45, 2.75) is 26.9 Å². The monoisotopic (exact) mass is 313 g/mol. The van der Waals surface area contributed by atoms with Gasteiger partial charge in [-0.1, -0.05) is 29.8 Å². The molecule has 4 heteroatoms. The highest BCUT2D eigenvalue weighted by Crippen LogP contribution is 2.19. The molecule has 2 rings (SSSR count).